The van der Waals surface area contributed by atoms with E-state index in [0.29, 0.717) is 18.2 Å². The molecular formula is C26H27ClN2O4. The van der Waals surface area contributed by atoms with Crippen LogP contribution in [-0.2, 0) is 14.3 Å². The van der Waals surface area contributed by atoms with Gasteiger partial charge in [0.25, 0.3) is 0 Å². The van der Waals surface area contributed by atoms with E-state index in [9.17, 15) is 9.59 Å². The monoisotopic (exact) mass is 466 g/mol. The summed E-state index contributed by atoms with van der Waals surface area (Å²) in [6, 6.07) is 15.4. The average molecular weight is 467 g/mol. The Hall–Kier alpha value is -2.57. The summed E-state index contributed by atoms with van der Waals surface area (Å²) in [5.41, 5.74) is 0.918. The van der Waals surface area contributed by atoms with E-state index in [1.54, 1.807) is 11.0 Å². The molecule has 4 aliphatic heterocycles. The van der Waals surface area contributed by atoms with Gasteiger partial charge in [-0.1, -0.05) is 41.9 Å². The van der Waals surface area contributed by atoms with Crippen molar-refractivity contribution < 1.29 is 19.1 Å². The maximum atomic E-state index is 14.2. The Morgan fingerprint density at radius 3 is 2.73 bits per heavy atom. The van der Waals surface area contributed by atoms with Crippen molar-refractivity contribution >= 4 is 23.4 Å². The van der Waals surface area contributed by atoms with Gasteiger partial charge in [-0.2, -0.15) is 0 Å². The molecule has 2 amide bonds. The largest absolute Gasteiger partial charge is 0.493 e. The number of carbonyl (C=O) groups is 2. The molecular weight excluding hydrogens is 440 g/mol. The smallest absolute Gasteiger partial charge is 0.249 e. The van der Waals surface area contributed by atoms with Crippen LogP contribution in [0.15, 0.2) is 48.5 Å². The van der Waals surface area contributed by atoms with Crippen LogP contribution in [0, 0.1) is 5.92 Å². The third-order valence-electron chi connectivity index (χ3n) is 7.86. The van der Waals surface area contributed by atoms with Crippen LogP contribution in [0.4, 0.5) is 0 Å². The molecule has 2 aromatic carbocycles. The minimum atomic E-state index is -1.02. The summed E-state index contributed by atoms with van der Waals surface area (Å²) < 4.78 is 12.0. The molecule has 0 bridgehead atoms. The molecule has 0 spiro atoms. The molecule has 0 saturated carbocycles. The van der Waals surface area contributed by atoms with Gasteiger partial charge in [-0.05, 0) is 43.5 Å². The summed E-state index contributed by atoms with van der Waals surface area (Å²) in [6.07, 6.45) is 1.92. The fourth-order valence-corrected chi connectivity index (χ4v) is 6.73. The van der Waals surface area contributed by atoms with Crippen molar-refractivity contribution in [3.8, 4) is 5.75 Å². The van der Waals surface area contributed by atoms with Crippen LogP contribution >= 0.6 is 11.6 Å². The summed E-state index contributed by atoms with van der Waals surface area (Å²) in [5, 5.41) is 0.596. The molecule has 0 radical (unpaired) electrons. The second-order valence-corrected chi connectivity index (χ2v) is 10.2. The van der Waals surface area contributed by atoms with Crippen molar-refractivity contribution in [1.82, 2.24) is 9.80 Å². The normalized spacial score (nSPS) is 32.9. The van der Waals surface area contributed by atoms with E-state index < -0.39 is 5.54 Å². The van der Waals surface area contributed by atoms with Gasteiger partial charge in [0.15, 0.2) is 0 Å². The second-order valence-electron chi connectivity index (χ2n) is 9.72. The minimum Gasteiger partial charge on any atom is -0.493 e. The zero-order valence-electron chi connectivity index (χ0n) is 18.6. The average Bonchev–Trinajstić information content (AvgIpc) is 3.42. The molecule has 2 aromatic rings. The van der Waals surface area contributed by atoms with E-state index in [-0.39, 0.29) is 42.3 Å². The molecule has 0 aromatic heterocycles. The Bertz CT molecular complexity index is 1100. The first-order valence-corrected chi connectivity index (χ1v) is 12.1. The molecule has 6 rings (SSSR count). The van der Waals surface area contributed by atoms with Crippen LogP contribution in [-0.4, -0.2) is 59.6 Å². The van der Waals surface area contributed by atoms with Gasteiger partial charge in [-0.25, -0.2) is 0 Å². The number of piperazine rings is 1. The van der Waals surface area contributed by atoms with Crippen molar-refractivity contribution in [2.45, 2.75) is 43.4 Å². The molecule has 172 valence electrons. The SMILES string of the molecule is C[C@@]12C(=O)N(CC3CCCO3)CC(=O)N1C1c3cc(Cl)ccc3OCC1C2c1ccccc1. The summed E-state index contributed by atoms with van der Waals surface area (Å²) in [4.78, 5) is 31.5. The number of ether oxygens (including phenoxy) is 2. The number of benzene rings is 2. The number of rotatable bonds is 3. The number of hydrogen-bond acceptors (Lipinski definition) is 4. The van der Waals surface area contributed by atoms with Gasteiger partial charge in [0, 0.05) is 35.6 Å². The highest BCUT2D eigenvalue weighted by Gasteiger charge is 2.66. The van der Waals surface area contributed by atoms with Crippen molar-refractivity contribution in [1.29, 1.82) is 0 Å². The highest BCUT2D eigenvalue weighted by molar-refractivity contribution is 6.30. The number of hydrogen-bond donors (Lipinski definition) is 0. The lowest BCUT2D eigenvalue weighted by Crippen LogP contribution is -2.66. The van der Waals surface area contributed by atoms with Gasteiger partial charge in [0.1, 0.15) is 11.3 Å². The molecule has 5 atom stereocenters. The highest BCUT2D eigenvalue weighted by Crippen LogP contribution is 2.60. The number of fused-ring (bicyclic) bond motifs is 5. The van der Waals surface area contributed by atoms with Gasteiger partial charge >= 0.3 is 0 Å². The first-order chi connectivity index (χ1) is 16.0. The predicted octanol–water partition coefficient (Wildman–Crippen LogP) is 3.80. The molecule has 0 aliphatic carbocycles. The Kier molecular flexibility index (Phi) is 4.93. The van der Waals surface area contributed by atoms with Crippen molar-refractivity contribution in [2.24, 2.45) is 5.92 Å². The van der Waals surface area contributed by atoms with Gasteiger partial charge < -0.3 is 19.3 Å². The Morgan fingerprint density at radius 2 is 1.97 bits per heavy atom. The Morgan fingerprint density at radius 1 is 1.15 bits per heavy atom. The number of carbonyl (C=O) groups excluding carboxylic acids is 2. The fraction of sp³-hybridized carbons (Fsp3) is 0.462. The van der Waals surface area contributed by atoms with E-state index in [0.717, 1.165) is 36.3 Å². The Balaban J connectivity index is 1.48. The van der Waals surface area contributed by atoms with Crippen molar-refractivity contribution in [3.05, 3.63) is 64.7 Å². The standard InChI is InChI=1S/C26H27ClN2O4/c1-26-23(16-6-3-2-4-7-16)20-15-33-21-10-9-17(27)12-19(21)24(20)29(26)22(30)14-28(25(26)31)13-18-8-5-11-32-18/h2-4,6-7,9-10,12,18,20,23-24H,5,8,11,13-15H2,1H3/t18?,20?,23?,24?,26-/m1/s1. The maximum Gasteiger partial charge on any atom is 0.249 e. The van der Waals surface area contributed by atoms with Crippen molar-refractivity contribution in [2.75, 3.05) is 26.3 Å². The molecule has 3 fully saturated rings. The predicted molar refractivity (Wildman–Crippen MR) is 123 cm³/mol. The zero-order valence-corrected chi connectivity index (χ0v) is 19.3. The summed E-state index contributed by atoms with van der Waals surface area (Å²) in [7, 11) is 0. The molecule has 3 saturated heterocycles. The minimum absolute atomic E-state index is 0.00128. The Labute approximate surface area is 198 Å². The zero-order chi connectivity index (χ0) is 22.7. The number of nitrogens with zero attached hydrogens (tertiary/aromatic N) is 2. The van der Waals surface area contributed by atoms with Crippen LogP contribution < -0.4 is 4.74 Å². The lowest BCUT2D eigenvalue weighted by atomic mass is 9.73. The molecule has 33 heavy (non-hydrogen) atoms. The van der Waals surface area contributed by atoms with Crippen LogP contribution in [0.2, 0.25) is 5.02 Å². The van der Waals surface area contributed by atoms with Gasteiger partial charge in [0.2, 0.25) is 11.8 Å². The lowest BCUT2D eigenvalue weighted by molar-refractivity contribution is -0.165. The van der Waals surface area contributed by atoms with E-state index in [2.05, 4.69) is 12.1 Å². The van der Waals surface area contributed by atoms with Gasteiger partial charge in [-0.15, -0.1) is 0 Å². The van der Waals surface area contributed by atoms with E-state index >= 15 is 0 Å². The second kappa shape index (κ2) is 7.74. The summed E-state index contributed by atoms with van der Waals surface area (Å²) in [5.74, 6) is 0.443. The first-order valence-electron chi connectivity index (χ1n) is 11.7. The van der Waals surface area contributed by atoms with Crippen LogP contribution in [0.25, 0.3) is 0 Å². The maximum absolute atomic E-state index is 14.2. The first kappa shape index (κ1) is 21.0. The third-order valence-corrected chi connectivity index (χ3v) is 8.10. The molecule has 4 heterocycles. The molecule has 7 heteroatoms. The van der Waals surface area contributed by atoms with Gasteiger partial charge in [-0.3, -0.25) is 9.59 Å². The van der Waals surface area contributed by atoms with E-state index in [4.69, 9.17) is 21.1 Å². The van der Waals surface area contributed by atoms with Crippen LogP contribution in [0.5, 0.6) is 5.75 Å². The summed E-state index contributed by atoms with van der Waals surface area (Å²) in [6.45, 7) is 3.64. The molecule has 4 unspecified atom stereocenters. The fourth-order valence-electron chi connectivity index (χ4n) is 6.55. The molecule has 0 N–H and O–H groups in total. The van der Waals surface area contributed by atoms with E-state index in [1.165, 1.54) is 0 Å². The summed E-state index contributed by atoms with van der Waals surface area (Å²) >= 11 is 6.37. The highest BCUT2D eigenvalue weighted by atomic mass is 35.5. The molecule has 6 nitrogen and oxygen atoms in total. The quantitative estimate of drug-likeness (QED) is 0.690. The van der Waals surface area contributed by atoms with Crippen LogP contribution in [0.3, 0.4) is 0 Å². The third kappa shape index (κ3) is 3.11. The topological polar surface area (TPSA) is 59.1 Å². The lowest BCUT2D eigenvalue weighted by Gasteiger charge is -2.47. The van der Waals surface area contributed by atoms with Gasteiger partial charge in [0.05, 0.1) is 25.3 Å². The van der Waals surface area contributed by atoms with E-state index in [1.807, 2.05) is 42.2 Å². The molecule has 4 aliphatic rings. The van der Waals surface area contributed by atoms with Crippen molar-refractivity contribution in [3.63, 3.8) is 0 Å². The van der Waals surface area contributed by atoms with Crippen LogP contribution in [0.1, 0.15) is 42.9 Å². The number of amides is 2. The number of halogens is 1.